The summed E-state index contributed by atoms with van der Waals surface area (Å²) < 4.78 is 0. The maximum absolute atomic E-state index is 12.4. The summed E-state index contributed by atoms with van der Waals surface area (Å²) in [5, 5.41) is 15.9. The Morgan fingerprint density at radius 1 is 1.12 bits per heavy atom. The van der Waals surface area contributed by atoms with Crippen molar-refractivity contribution in [3.63, 3.8) is 0 Å². The van der Waals surface area contributed by atoms with Gasteiger partial charge in [-0.3, -0.25) is 9.89 Å². The third-order valence-electron chi connectivity index (χ3n) is 3.64. The van der Waals surface area contributed by atoms with Crippen LogP contribution in [0.15, 0.2) is 35.8 Å². The zero-order valence-electron chi connectivity index (χ0n) is 14.1. The van der Waals surface area contributed by atoms with Gasteiger partial charge in [0.2, 0.25) is 5.95 Å². The van der Waals surface area contributed by atoms with Crippen molar-refractivity contribution in [2.45, 2.75) is 13.8 Å². The summed E-state index contributed by atoms with van der Waals surface area (Å²) in [6.45, 7) is 3.80. The van der Waals surface area contributed by atoms with E-state index in [2.05, 4.69) is 35.8 Å². The largest absolute Gasteiger partial charge is 0.321 e. The van der Waals surface area contributed by atoms with Crippen molar-refractivity contribution in [3.05, 3.63) is 52.9 Å². The van der Waals surface area contributed by atoms with Crippen LogP contribution in [0.1, 0.15) is 21.9 Å². The lowest BCUT2D eigenvalue weighted by Gasteiger charge is -2.04. The smallest absolute Gasteiger partial charge is 0.275 e. The number of carbonyl (C=O) groups excluding carboxylic acids is 1. The molecule has 0 bridgehead atoms. The Labute approximate surface area is 152 Å². The second-order valence-electron chi connectivity index (χ2n) is 5.76. The quantitative estimate of drug-likeness (QED) is 0.511. The van der Waals surface area contributed by atoms with Crippen LogP contribution in [0.3, 0.4) is 0 Å². The molecule has 1 amide bonds. The molecule has 0 fully saturated rings. The van der Waals surface area contributed by atoms with Crippen LogP contribution in [0.25, 0.3) is 10.9 Å². The monoisotopic (exact) mass is 365 g/mol. The Hall–Kier alpha value is -3.33. The van der Waals surface area contributed by atoms with E-state index in [0.29, 0.717) is 22.5 Å². The van der Waals surface area contributed by atoms with Crippen molar-refractivity contribution in [1.82, 2.24) is 25.1 Å². The fraction of sp³-hybridized carbons (Fsp3) is 0.118. The van der Waals surface area contributed by atoms with Gasteiger partial charge in [0.15, 0.2) is 5.13 Å². The minimum atomic E-state index is -0.283. The van der Waals surface area contributed by atoms with Gasteiger partial charge in [0.25, 0.3) is 5.91 Å². The van der Waals surface area contributed by atoms with Gasteiger partial charge in [-0.1, -0.05) is 0 Å². The van der Waals surface area contributed by atoms with Crippen molar-refractivity contribution in [3.8, 4) is 0 Å². The highest BCUT2D eigenvalue weighted by atomic mass is 32.1. The third-order valence-corrected chi connectivity index (χ3v) is 4.40. The van der Waals surface area contributed by atoms with Crippen molar-refractivity contribution in [2.24, 2.45) is 0 Å². The molecule has 0 radical (unpaired) electrons. The van der Waals surface area contributed by atoms with E-state index in [0.717, 1.165) is 22.3 Å². The van der Waals surface area contributed by atoms with E-state index in [-0.39, 0.29) is 5.91 Å². The molecule has 0 saturated heterocycles. The van der Waals surface area contributed by atoms with Crippen molar-refractivity contribution in [1.29, 1.82) is 0 Å². The topological polar surface area (TPSA) is 108 Å². The van der Waals surface area contributed by atoms with E-state index in [4.69, 9.17) is 0 Å². The number of hydrogen-bond donors (Lipinski definition) is 3. The maximum atomic E-state index is 12.4. The summed E-state index contributed by atoms with van der Waals surface area (Å²) in [6.07, 6.45) is 1.73. The molecule has 0 aliphatic heterocycles. The van der Waals surface area contributed by atoms with E-state index < -0.39 is 0 Å². The van der Waals surface area contributed by atoms with Gasteiger partial charge < -0.3 is 10.6 Å². The van der Waals surface area contributed by atoms with Crippen molar-refractivity contribution < 1.29 is 4.79 Å². The predicted molar refractivity (Wildman–Crippen MR) is 101 cm³/mol. The molecule has 3 heterocycles. The summed E-state index contributed by atoms with van der Waals surface area (Å²) in [6, 6.07) is 7.43. The number of rotatable bonds is 4. The Kier molecular flexibility index (Phi) is 4.05. The average Bonchev–Trinajstić information content (AvgIpc) is 3.22. The van der Waals surface area contributed by atoms with Gasteiger partial charge in [-0.15, -0.1) is 11.3 Å². The normalized spacial score (nSPS) is 10.8. The first-order chi connectivity index (χ1) is 12.6. The molecule has 0 atom stereocenters. The van der Waals surface area contributed by atoms with Gasteiger partial charge in [-0.2, -0.15) is 5.10 Å². The van der Waals surface area contributed by atoms with Crippen LogP contribution in [0.5, 0.6) is 0 Å². The van der Waals surface area contributed by atoms with Crippen LogP contribution < -0.4 is 10.6 Å². The lowest BCUT2D eigenvalue weighted by atomic mass is 10.2. The van der Waals surface area contributed by atoms with Crippen LogP contribution in [0.4, 0.5) is 16.8 Å². The van der Waals surface area contributed by atoms with Crippen LogP contribution in [-0.2, 0) is 0 Å². The second kappa shape index (κ2) is 6.52. The number of hydrogen-bond acceptors (Lipinski definition) is 7. The Bertz CT molecular complexity index is 1080. The molecule has 9 heteroatoms. The summed E-state index contributed by atoms with van der Waals surface area (Å²) in [4.78, 5) is 25.3. The maximum Gasteiger partial charge on any atom is 0.275 e. The molecule has 8 nitrogen and oxygen atoms in total. The highest BCUT2D eigenvalue weighted by Crippen LogP contribution is 2.21. The Morgan fingerprint density at radius 3 is 2.73 bits per heavy atom. The number of aromatic amines is 1. The molecule has 0 spiro atoms. The number of aromatic nitrogens is 5. The van der Waals surface area contributed by atoms with Gasteiger partial charge in [-0.25, -0.2) is 15.0 Å². The number of benzene rings is 1. The fourth-order valence-corrected chi connectivity index (χ4v) is 3.21. The average molecular weight is 365 g/mol. The first kappa shape index (κ1) is 16.2. The number of carbonyl (C=O) groups is 1. The van der Waals surface area contributed by atoms with Crippen LogP contribution >= 0.6 is 11.3 Å². The number of fused-ring (bicyclic) bond motifs is 1. The molecule has 0 aliphatic rings. The molecule has 26 heavy (non-hydrogen) atoms. The molecule has 0 unspecified atom stereocenters. The Balaban J connectivity index is 1.48. The van der Waals surface area contributed by atoms with E-state index in [1.54, 1.807) is 11.6 Å². The second-order valence-corrected chi connectivity index (χ2v) is 6.62. The number of anilines is 3. The minimum Gasteiger partial charge on any atom is -0.321 e. The molecule has 4 aromatic rings. The van der Waals surface area contributed by atoms with E-state index in [1.165, 1.54) is 11.3 Å². The highest BCUT2D eigenvalue weighted by molar-refractivity contribution is 7.14. The molecule has 130 valence electrons. The lowest BCUT2D eigenvalue weighted by molar-refractivity contribution is 0.102. The van der Waals surface area contributed by atoms with Gasteiger partial charge >= 0.3 is 0 Å². The molecular weight excluding hydrogens is 350 g/mol. The number of aryl methyl sites for hydroxylation is 2. The lowest BCUT2D eigenvalue weighted by Crippen LogP contribution is -2.12. The van der Waals surface area contributed by atoms with Crippen molar-refractivity contribution in [2.75, 3.05) is 10.6 Å². The molecule has 3 N–H and O–H groups in total. The standard InChI is InChI=1S/C17H15N7OS/c1-9-5-10(2)20-16(19-9)23-17-22-14(8-26-17)15(25)21-12-4-3-11-7-18-24-13(11)6-12/h3-8H,1-2H3,(H,18,24)(H,21,25)(H,19,20,22,23). The summed E-state index contributed by atoms with van der Waals surface area (Å²) >= 11 is 1.32. The Morgan fingerprint density at radius 2 is 1.92 bits per heavy atom. The molecule has 0 saturated carbocycles. The first-order valence-corrected chi connectivity index (χ1v) is 8.74. The molecule has 0 aliphatic carbocycles. The van der Waals surface area contributed by atoms with Crippen LogP contribution in [0.2, 0.25) is 0 Å². The van der Waals surface area contributed by atoms with Crippen LogP contribution in [0, 0.1) is 13.8 Å². The third kappa shape index (κ3) is 3.38. The number of thiazole rings is 1. The molecule has 4 rings (SSSR count). The van der Waals surface area contributed by atoms with E-state index in [9.17, 15) is 4.79 Å². The van der Waals surface area contributed by atoms with E-state index in [1.807, 2.05) is 38.1 Å². The predicted octanol–water partition coefficient (Wildman–Crippen LogP) is 3.42. The first-order valence-electron chi connectivity index (χ1n) is 7.86. The van der Waals surface area contributed by atoms with Crippen LogP contribution in [-0.4, -0.2) is 31.1 Å². The summed E-state index contributed by atoms with van der Waals surface area (Å²) in [7, 11) is 0. The number of H-pyrrole nitrogens is 1. The fourth-order valence-electron chi connectivity index (χ4n) is 2.52. The minimum absolute atomic E-state index is 0.283. The van der Waals surface area contributed by atoms with Gasteiger partial charge in [0.05, 0.1) is 11.7 Å². The zero-order valence-corrected chi connectivity index (χ0v) is 14.9. The highest BCUT2D eigenvalue weighted by Gasteiger charge is 2.12. The van der Waals surface area contributed by atoms with E-state index >= 15 is 0 Å². The number of amides is 1. The molecular formula is C17H15N7OS. The number of nitrogens with one attached hydrogen (secondary N) is 3. The zero-order chi connectivity index (χ0) is 18.1. The van der Waals surface area contributed by atoms with Gasteiger partial charge in [0, 0.05) is 27.8 Å². The van der Waals surface area contributed by atoms with Gasteiger partial charge in [0.1, 0.15) is 5.69 Å². The molecule has 3 aromatic heterocycles. The van der Waals surface area contributed by atoms with Crippen molar-refractivity contribution >= 4 is 44.9 Å². The summed E-state index contributed by atoms with van der Waals surface area (Å²) in [5.41, 5.74) is 3.58. The summed E-state index contributed by atoms with van der Waals surface area (Å²) in [5.74, 6) is 0.183. The van der Waals surface area contributed by atoms with Gasteiger partial charge in [-0.05, 0) is 38.1 Å². The number of nitrogens with zero attached hydrogens (tertiary/aromatic N) is 4. The SMILES string of the molecule is Cc1cc(C)nc(Nc2nc(C(=O)Nc3ccc4cn[nH]c4c3)cs2)n1. The molecule has 1 aromatic carbocycles.